The SMILES string of the molecule is Cn1nccc1C(=O)COC(=O)c1cc(-c2ccco2)n[nH]1. The molecule has 0 spiro atoms. The van der Waals surface area contributed by atoms with Crippen LogP contribution < -0.4 is 0 Å². The second-order valence-electron chi connectivity index (χ2n) is 4.48. The molecule has 22 heavy (non-hydrogen) atoms. The number of aromatic nitrogens is 4. The number of hydrogen-bond acceptors (Lipinski definition) is 6. The number of carbonyl (C=O) groups is 2. The number of nitrogens with zero attached hydrogens (tertiary/aromatic N) is 3. The van der Waals surface area contributed by atoms with Crippen molar-refractivity contribution in [1.29, 1.82) is 0 Å². The van der Waals surface area contributed by atoms with Crippen LogP contribution in [0.3, 0.4) is 0 Å². The Hall–Kier alpha value is -3.16. The van der Waals surface area contributed by atoms with Gasteiger partial charge in [0.1, 0.15) is 17.1 Å². The first-order valence-electron chi connectivity index (χ1n) is 6.43. The summed E-state index contributed by atoms with van der Waals surface area (Å²) in [4.78, 5) is 23.8. The van der Waals surface area contributed by atoms with Gasteiger partial charge in [0.15, 0.2) is 12.4 Å². The van der Waals surface area contributed by atoms with E-state index < -0.39 is 5.97 Å². The van der Waals surface area contributed by atoms with Crippen molar-refractivity contribution in [3.8, 4) is 11.5 Å². The monoisotopic (exact) mass is 300 g/mol. The molecule has 0 saturated heterocycles. The molecule has 0 radical (unpaired) electrons. The fraction of sp³-hybridized carbons (Fsp3) is 0.143. The van der Waals surface area contributed by atoms with Gasteiger partial charge in [-0.2, -0.15) is 10.2 Å². The summed E-state index contributed by atoms with van der Waals surface area (Å²) in [5.41, 5.74) is 0.993. The van der Waals surface area contributed by atoms with E-state index in [1.807, 2.05) is 0 Å². The second-order valence-corrected chi connectivity index (χ2v) is 4.48. The van der Waals surface area contributed by atoms with Gasteiger partial charge in [0, 0.05) is 19.3 Å². The lowest BCUT2D eigenvalue weighted by atomic mass is 10.3. The summed E-state index contributed by atoms with van der Waals surface area (Å²) < 4.78 is 11.6. The minimum Gasteiger partial charge on any atom is -0.463 e. The Morgan fingerprint density at radius 3 is 2.95 bits per heavy atom. The van der Waals surface area contributed by atoms with Gasteiger partial charge in [0.2, 0.25) is 5.78 Å². The highest BCUT2D eigenvalue weighted by atomic mass is 16.5. The number of H-pyrrole nitrogens is 1. The molecule has 0 saturated carbocycles. The third kappa shape index (κ3) is 2.66. The lowest BCUT2D eigenvalue weighted by Crippen LogP contribution is -2.17. The fourth-order valence-electron chi connectivity index (χ4n) is 1.91. The van der Waals surface area contributed by atoms with Crippen LogP contribution in [0.15, 0.2) is 41.1 Å². The average molecular weight is 300 g/mol. The smallest absolute Gasteiger partial charge is 0.356 e. The number of aromatic amines is 1. The van der Waals surface area contributed by atoms with E-state index in [1.165, 1.54) is 23.2 Å². The predicted molar refractivity (Wildman–Crippen MR) is 74.1 cm³/mol. The van der Waals surface area contributed by atoms with E-state index >= 15 is 0 Å². The topological polar surface area (TPSA) is 103 Å². The molecule has 0 bridgehead atoms. The first-order valence-corrected chi connectivity index (χ1v) is 6.43. The van der Waals surface area contributed by atoms with Crippen molar-refractivity contribution in [3.05, 3.63) is 48.1 Å². The summed E-state index contributed by atoms with van der Waals surface area (Å²) in [6.45, 7) is -0.368. The zero-order chi connectivity index (χ0) is 15.5. The van der Waals surface area contributed by atoms with Crippen molar-refractivity contribution >= 4 is 11.8 Å². The minimum absolute atomic E-state index is 0.143. The molecule has 8 nitrogen and oxygen atoms in total. The number of ether oxygens (including phenoxy) is 1. The molecule has 3 rings (SSSR count). The molecule has 3 aromatic heterocycles. The zero-order valence-corrected chi connectivity index (χ0v) is 11.6. The van der Waals surface area contributed by atoms with Crippen molar-refractivity contribution in [3.63, 3.8) is 0 Å². The molecule has 0 aromatic carbocycles. The minimum atomic E-state index is -0.666. The number of Topliss-reactive ketones (excluding diaryl/α,β-unsaturated/α-hetero) is 1. The van der Waals surface area contributed by atoms with Gasteiger partial charge in [-0.3, -0.25) is 14.6 Å². The number of carbonyl (C=O) groups excluding carboxylic acids is 2. The summed E-state index contributed by atoms with van der Waals surface area (Å²) in [7, 11) is 1.64. The number of esters is 1. The van der Waals surface area contributed by atoms with Crippen molar-refractivity contribution in [1.82, 2.24) is 20.0 Å². The van der Waals surface area contributed by atoms with E-state index in [-0.39, 0.29) is 18.1 Å². The van der Waals surface area contributed by atoms with Crippen molar-refractivity contribution in [2.45, 2.75) is 0 Å². The molecule has 0 aliphatic rings. The number of hydrogen-bond donors (Lipinski definition) is 1. The first kappa shape index (κ1) is 13.8. The van der Waals surface area contributed by atoms with Gasteiger partial charge in [-0.25, -0.2) is 4.79 Å². The van der Waals surface area contributed by atoms with E-state index in [1.54, 1.807) is 25.2 Å². The normalized spacial score (nSPS) is 10.6. The Morgan fingerprint density at radius 2 is 2.27 bits per heavy atom. The molecule has 0 aliphatic heterocycles. The quantitative estimate of drug-likeness (QED) is 0.565. The highest BCUT2D eigenvalue weighted by Crippen LogP contribution is 2.18. The van der Waals surface area contributed by atoms with Gasteiger partial charge in [0.05, 0.1) is 6.26 Å². The largest absolute Gasteiger partial charge is 0.463 e. The van der Waals surface area contributed by atoms with Crippen LogP contribution in [0.4, 0.5) is 0 Å². The summed E-state index contributed by atoms with van der Waals surface area (Å²) in [6, 6.07) is 6.49. The molecule has 0 atom stereocenters. The van der Waals surface area contributed by atoms with Gasteiger partial charge in [-0.1, -0.05) is 0 Å². The summed E-state index contributed by atoms with van der Waals surface area (Å²) in [5.74, 6) is -0.471. The van der Waals surface area contributed by atoms with Gasteiger partial charge in [-0.05, 0) is 18.2 Å². The van der Waals surface area contributed by atoms with E-state index in [2.05, 4.69) is 15.3 Å². The predicted octanol–water partition coefficient (Wildman–Crippen LogP) is 1.44. The Kier molecular flexibility index (Phi) is 3.57. The number of aryl methyl sites for hydroxylation is 1. The van der Waals surface area contributed by atoms with Crippen LogP contribution in [-0.4, -0.2) is 38.3 Å². The lowest BCUT2D eigenvalue weighted by molar-refractivity contribution is 0.0466. The Morgan fingerprint density at radius 1 is 1.41 bits per heavy atom. The van der Waals surface area contributed by atoms with E-state index in [4.69, 9.17) is 9.15 Å². The molecule has 8 heteroatoms. The van der Waals surface area contributed by atoms with Gasteiger partial charge in [0.25, 0.3) is 0 Å². The third-order valence-electron chi connectivity index (χ3n) is 3.01. The molecular formula is C14H12N4O4. The van der Waals surface area contributed by atoms with Gasteiger partial charge >= 0.3 is 5.97 Å². The third-order valence-corrected chi connectivity index (χ3v) is 3.01. The highest BCUT2D eigenvalue weighted by Gasteiger charge is 2.17. The van der Waals surface area contributed by atoms with Gasteiger partial charge in [-0.15, -0.1) is 0 Å². The number of nitrogens with one attached hydrogen (secondary N) is 1. The number of rotatable bonds is 5. The molecule has 1 N–H and O–H groups in total. The molecule has 112 valence electrons. The van der Waals surface area contributed by atoms with Crippen LogP contribution in [0.5, 0.6) is 0 Å². The van der Waals surface area contributed by atoms with Crippen LogP contribution in [0.2, 0.25) is 0 Å². The first-order chi connectivity index (χ1) is 10.6. The summed E-state index contributed by atoms with van der Waals surface area (Å²) in [5, 5.41) is 10.4. The van der Waals surface area contributed by atoms with E-state index in [9.17, 15) is 9.59 Å². The summed E-state index contributed by atoms with van der Waals surface area (Å²) >= 11 is 0. The maximum atomic E-state index is 11.9. The molecule has 0 fully saturated rings. The van der Waals surface area contributed by atoms with Crippen molar-refractivity contribution < 1.29 is 18.7 Å². The fourth-order valence-corrected chi connectivity index (χ4v) is 1.91. The Bertz CT molecular complexity index is 801. The second kappa shape index (κ2) is 5.68. The summed E-state index contributed by atoms with van der Waals surface area (Å²) in [6.07, 6.45) is 3.01. The Labute approximate surface area is 124 Å². The molecule has 0 aliphatic carbocycles. The molecule has 0 amide bonds. The highest BCUT2D eigenvalue weighted by molar-refractivity contribution is 5.97. The maximum Gasteiger partial charge on any atom is 0.356 e. The van der Waals surface area contributed by atoms with Crippen LogP contribution in [-0.2, 0) is 11.8 Å². The standard InChI is InChI=1S/C14H12N4O4/c1-18-11(4-5-15-18)12(19)8-22-14(20)10-7-9(16-17-10)13-3-2-6-21-13/h2-7H,8H2,1H3,(H,16,17). The molecular weight excluding hydrogens is 288 g/mol. The average Bonchev–Trinajstić information content (AvgIpc) is 3.23. The van der Waals surface area contributed by atoms with Crippen molar-refractivity contribution in [2.75, 3.05) is 6.61 Å². The number of furan rings is 1. The van der Waals surface area contributed by atoms with Gasteiger partial charge < -0.3 is 9.15 Å². The molecule has 3 heterocycles. The van der Waals surface area contributed by atoms with Crippen molar-refractivity contribution in [2.24, 2.45) is 7.05 Å². The van der Waals surface area contributed by atoms with E-state index in [0.29, 0.717) is 17.1 Å². The van der Waals surface area contributed by atoms with Crippen LogP contribution in [0.1, 0.15) is 21.0 Å². The van der Waals surface area contributed by atoms with Crippen LogP contribution in [0, 0.1) is 0 Å². The zero-order valence-electron chi connectivity index (χ0n) is 11.6. The van der Waals surface area contributed by atoms with E-state index in [0.717, 1.165) is 0 Å². The number of ketones is 1. The van der Waals surface area contributed by atoms with Crippen LogP contribution >= 0.6 is 0 Å². The molecule has 0 unspecified atom stereocenters. The molecule has 3 aromatic rings. The maximum absolute atomic E-state index is 11.9. The Balaban J connectivity index is 1.63. The van der Waals surface area contributed by atoms with Crippen LogP contribution in [0.25, 0.3) is 11.5 Å². The lowest BCUT2D eigenvalue weighted by Gasteiger charge is -2.02.